The number of unbranched alkanes of at least 4 members (excludes halogenated alkanes) is 3. The van der Waals surface area contributed by atoms with Gasteiger partial charge in [0.25, 0.3) is 0 Å². The summed E-state index contributed by atoms with van der Waals surface area (Å²) in [6.45, 7) is 3.77. The van der Waals surface area contributed by atoms with Crippen LogP contribution in [0.15, 0.2) is 60.9 Å². The van der Waals surface area contributed by atoms with Crippen molar-refractivity contribution < 1.29 is 9.13 Å². The Labute approximate surface area is 173 Å². The molecule has 1 heterocycles. The van der Waals surface area contributed by atoms with Crippen molar-refractivity contribution in [3.63, 3.8) is 0 Å². The first-order valence-electron chi connectivity index (χ1n) is 10.4. The van der Waals surface area contributed by atoms with Crippen molar-refractivity contribution >= 4 is 0 Å². The van der Waals surface area contributed by atoms with Gasteiger partial charge < -0.3 is 4.74 Å². The Kier molecular flexibility index (Phi) is 7.74. The van der Waals surface area contributed by atoms with Gasteiger partial charge in [-0.2, -0.15) is 0 Å². The summed E-state index contributed by atoms with van der Waals surface area (Å²) < 4.78 is 18.2. The normalized spacial score (nSPS) is 12.0. The van der Waals surface area contributed by atoms with Crippen molar-refractivity contribution in [3.05, 3.63) is 66.5 Å². The standard InChI is InChI=1S/C25H29FN2O/c1-3-4-5-6-7-20-8-10-21(11-9-20)23-16-27-25(28-17-23)22-12-14-24(15-13-22)29-18-19(2)26/h8-17,19H,3-7,18H2,1-2H3. The van der Waals surface area contributed by atoms with Gasteiger partial charge in [-0.05, 0) is 55.2 Å². The second-order valence-corrected chi connectivity index (χ2v) is 7.42. The number of hydrogen-bond acceptors (Lipinski definition) is 3. The Morgan fingerprint density at radius 3 is 2.10 bits per heavy atom. The molecule has 152 valence electrons. The van der Waals surface area contributed by atoms with Gasteiger partial charge in [0.05, 0.1) is 0 Å². The van der Waals surface area contributed by atoms with Gasteiger partial charge in [-0.3, -0.25) is 0 Å². The maximum absolute atomic E-state index is 12.9. The number of hydrogen-bond donors (Lipinski definition) is 0. The first kappa shape index (κ1) is 21.0. The molecular weight excluding hydrogens is 363 g/mol. The van der Waals surface area contributed by atoms with Crippen molar-refractivity contribution in [1.82, 2.24) is 9.97 Å². The van der Waals surface area contributed by atoms with E-state index in [1.165, 1.54) is 38.2 Å². The molecule has 0 spiro atoms. The third kappa shape index (κ3) is 6.38. The quantitative estimate of drug-likeness (QED) is 0.361. The topological polar surface area (TPSA) is 35.0 Å². The monoisotopic (exact) mass is 392 g/mol. The van der Waals surface area contributed by atoms with Gasteiger partial charge in [0.1, 0.15) is 18.5 Å². The molecule has 0 bridgehead atoms. The summed E-state index contributed by atoms with van der Waals surface area (Å²) in [6.07, 6.45) is 9.00. The fourth-order valence-corrected chi connectivity index (χ4v) is 3.16. The van der Waals surface area contributed by atoms with Crippen LogP contribution in [-0.2, 0) is 6.42 Å². The van der Waals surface area contributed by atoms with E-state index in [-0.39, 0.29) is 6.61 Å². The molecule has 0 aliphatic carbocycles. The maximum Gasteiger partial charge on any atom is 0.159 e. The lowest BCUT2D eigenvalue weighted by atomic mass is 10.0. The second kappa shape index (κ2) is 10.7. The van der Waals surface area contributed by atoms with Gasteiger partial charge in [0.15, 0.2) is 5.82 Å². The zero-order valence-electron chi connectivity index (χ0n) is 17.3. The van der Waals surface area contributed by atoms with Crippen LogP contribution < -0.4 is 4.74 Å². The smallest absolute Gasteiger partial charge is 0.159 e. The van der Waals surface area contributed by atoms with Crippen LogP contribution in [0.2, 0.25) is 0 Å². The number of ether oxygens (including phenoxy) is 1. The molecule has 1 atom stereocenters. The van der Waals surface area contributed by atoms with Crippen LogP contribution in [0, 0.1) is 0 Å². The minimum atomic E-state index is -0.985. The number of alkyl halides is 1. The minimum Gasteiger partial charge on any atom is -0.491 e. The summed E-state index contributed by atoms with van der Waals surface area (Å²) in [5.74, 6) is 1.30. The highest BCUT2D eigenvalue weighted by Crippen LogP contribution is 2.23. The minimum absolute atomic E-state index is 0.0576. The summed E-state index contributed by atoms with van der Waals surface area (Å²) in [5, 5.41) is 0. The molecule has 3 rings (SSSR count). The van der Waals surface area contributed by atoms with E-state index in [0.29, 0.717) is 11.6 Å². The van der Waals surface area contributed by atoms with Crippen LogP contribution in [0.3, 0.4) is 0 Å². The van der Waals surface area contributed by atoms with Crippen LogP contribution in [0.4, 0.5) is 4.39 Å². The van der Waals surface area contributed by atoms with Crippen molar-refractivity contribution in [2.75, 3.05) is 6.61 Å². The molecule has 29 heavy (non-hydrogen) atoms. The van der Waals surface area contributed by atoms with Crippen LogP contribution in [-0.4, -0.2) is 22.7 Å². The summed E-state index contributed by atoms with van der Waals surface area (Å²) in [4.78, 5) is 9.02. The molecule has 1 aromatic heterocycles. The van der Waals surface area contributed by atoms with Crippen molar-refractivity contribution in [2.45, 2.75) is 52.1 Å². The molecular formula is C25H29FN2O. The van der Waals surface area contributed by atoms with E-state index in [2.05, 4.69) is 41.2 Å². The lowest BCUT2D eigenvalue weighted by Gasteiger charge is -2.08. The summed E-state index contributed by atoms with van der Waals surface area (Å²) in [7, 11) is 0. The van der Waals surface area contributed by atoms with Crippen molar-refractivity contribution in [1.29, 1.82) is 0 Å². The maximum atomic E-state index is 12.9. The Bertz CT molecular complexity index is 859. The van der Waals surface area contributed by atoms with Crippen molar-refractivity contribution in [2.24, 2.45) is 0 Å². The molecule has 0 amide bonds. The molecule has 0 N–H and O–H groups in total. The van der Waals surface area contributed by atoms with Gasteiger partial charge in [-0.15, -0.1) is 0 Å². The third-order valence-electron chi connectivity index (χ3n) is 4.85. The third-order valence-corrected chi connectivity index (χ3v) is 4.85. The Balaban J connectivity index is 1.61. The van der Waals surface area contributed by atoms with E-state index in [9.17, 15) is 4.39 Å². The van der Waals surface area contributed by atoms with Gasteiger partial charge in [0, 0.05) is 23.5 Å². The molecule has 0 aliphatic rings. The van der Waals surface area contributed by atoms with Gasteiger partial charge in [0.2, 0.25) is 0 Å². The van der Waals surface area contributed by atoms with Gasteiger partial charge in [-0.25, -0.2) is 14.4 Å². The molecule has 0 fully saturated rings. The fraction of sp³-hybridized carbons (Fsp3) is 0.360. The first-order chi connectivity index (χ1) is 14.2. The molecule has 0 saturated heterocycles. The summed E-state index contributed by atoms with van der Waals surface area (Å²) in [6, 6.07) is 16.1. The highest BCUT2D eigenvalue weighted by molar-refractivity contribution is 5.64. The number of halogens is 1. The zero-order valence-corrected chi connectivity index (χ0v) is 17.3. The highest BCUT2D eigenvalue weighted by atomic mass is 19.1. The fourth-order valence-electron chi connectivity index (χ4n) is 3.16. The Hall–Kier alpha value is -2.75. The molecule has 3 aromatic rings. The molecule has 2 aromatic carbocycles. The van der Waals surface area contributed by atoms with E-state index in [0.717, 1.165) is 23.1 Å². The van der Waals surface area contributed by atoms with Crippen LogP contribution in [0.1, 0.15) is 45.1 Å². The average Bonchev–Trinajstić information content (AvgIpc) is 2.76. The second-order valence-electron chi connectivity index (χ2n) is 7.42. The van der Waals surface area contributed by atoms with E-state index in [1.807, 2.05) is 36.7 Å². The summed E-state index contributed by atoms with van der Waals surface area (Å²) in [5.41, 5.74) is 4.41. The van der Waals surface area contributed by atoms with E-state index in [4.69, 9.17) is 4.74 Å². The van der Waals surface area contributed by atoms with E-state index in [1.54, 1.807) is 0 Å². The number of nitrogens with zero attached hydrogens (tertiary/aromatic N) is 2. The van der Waals surface area contributed by atoms with E-state index >= 15 is 0 Å². The molecule has 0 saturated carbocycles. The molecule has 3 nitrogen and oxygen atoms in total. The summed E-state index contributed by atoms with van der Waals surface area (Å²) >= 11 is 0. The predicted molar refractivity (Wildman–Crippen MR) is 117 cm³/mol. The Morgan fingerprint density at radius 1 is 0.828 bits per heavy atom. The van der Waals surface area contributed by atoms with Crippen molar-refractivity contribution in [3.8, 4) is 28.3 Å². The molecule has 4 heteroatoms. The SMILES string of the molecule is CCCCCCc1ccc(-c2cnc(-c3ccc(OCC(C)F)cc3)nc2)cc1. The van der Waals surface area contributed by atoms with E-state index < -0.39 is 6.17 Å². The number of rotatable bonds is 10. The van der Waals surface area contributed by atoms with Gasteiger partial charge in [-0.1, -0.05) is 50.5 Å². The average molecular weight is 393 g/mol. The molecule has 0 radical (unpaired) electrons. The van der Waals surface area contributed by atoms with Gasteiger partial charge >= 0.3 is 0 Å². The largest absolute Gasteiger partial charge is 0.491 e. The van der Waals surface area contributed by atoms with Crippen LogP contribution in [0.25, 0.3) is 22.5 Å². The lowest BCUT2D eigenvalue weighted by Crippen LogP contribution is -2.08. The lowest BCUT2D eigenvalue weighted by molar-refractivity contribution is 0.210. The molecule has 0 aliphatic heterocycles. The van der Waals surface area contributed by atoms with Crippen LogP contribution >= 0.6 is 0 Å². The predicted octanol–water partition coefficient (Wildman–Crippen LogP) is 6.67. The van der Waals surface area contributed by atoms with Crippen LogP contribution in [0.5, 0.6) is 5.75 Å². The zero-order chi connectivity index (χ0) is 20.5. The number of benzene rings is 2. The Morgan fingerprint density at radius 2 is 1.48 bits per heavy atom. The number of aromatic nitrogens is 2. The number of aryl methyl sites for hydroxylation is 1. The first-order valence-corrected chi connectivity index (χ1v) is 10.4. The highest BCUT2D eigenvalue weighted by Gasteiger charge is 2.05. The molecule has 1 unspecified atom stereocenters.